The molecule has 3 aromatic rings. The summed E-state index contributed by atoms with van der Waals surface area (Å²) in [5.41, 5.74) is 5.65. The Kier molecular flexibility index (Phi) is 7.54. The highest BCUT2D eigenvalue weighted by Crippen LogP contribution is 2.35. The minimum atomic E-state index is -4.55. The Labute approximate surface area is 200 Å². The monoisotopic (exact) mass is 506 g/mol. The van der Waals surface area contributed by atoms with Crippen LogP contribution in [0.3, 0.4) is 0 Å². The Hall–Kier alpha value is -4.20. The fourth-order valence-electron chi connectivity index (χ4n) is 3.09. The van der Waals surface area contributed by atoms with Gasteiger partial charge in [-0.1, -0.05) is 0 Å². The number of guanidine groups is 1. The zero-order chi connectivity index (χ0) is 25.8. The minimum absolute atomic E-state index is 0.0388. The largest absolute Gasteiger partial charge is 0.497 e. The SMILES string of the molecule is COc1ccc(N(C(=O)c2ccco2)N(C(=N)N)S(=O)(=O)C(C)Cc2ncc(F)cn2)c(OC)c1. The Morgan fingerprint density at radius 2 is 1.91 bits per heavy atom. The molecule has 1 unspecified atom stereocenters. The van der Waals surface area contributed by atoms with Crippen molar-refractivity contribution in [3.63, 3.8) is 0 Å². The number of hydrogen-bond acceptors (Lipinski definition) is 9. The summed E-state index contributed by atoms with van der Waals surface area (Å²) < 4.78 is 56.5. The summed E-state index contributed by atoms with van der Waals surface area (Å²) in [5.74, 6) is -2.36. The maximum Gasteiger partial charge on any atom is 0.313 e. The molecule has 0 saturated heterocycles. The van der Waals surface area contributed by atoms with Crippen LogP contribution in [0.25, 0.3) is 0 Å². The number of hydrogen-bond donors (Lipinski definition) is 2. The number of amides is 1. The number of nitrogens with one attached hydrogen (secondary N) is 1. The van der Waals surface area contributed by atoms with Crippen LogP contribution in [0, 0.1) is 11.2 Å². The molecule has 14 heteroatoms. The third-order valence-electron chi connectivity index (χ3n) is 4.82. The number of aromatic nitrogens is 2. The average Bonchev–Trinajstić information content (AvgIpc) is 3.37. The molecule has 0 bridgehead atoms. The van der Waals surface area contributed by atoms with Crippen molar-refractivity contribution in [1.82, 2.24) is 14.4 Å². The Bertz CT molecular complexity index is 1300. The second-order valence-electron chi connectivity index (χ2n) is 7.14. The summed E-state index contributed by atoms with van der Waals surface area (Å²) >= 11 is 0. The molecule has 0 saturated carbocycles. The van der Waals surface area contributed by atoms with E-state index in [4.69, 9.17) is 25.0 Å². The molecular weight excluding hydrogens is 483 g/mol. The van der Waals surface area contributed by atoms with Gasteiger partial charge in [0, 0.05) is 12.5 Å². The van der Waals surface area contributed by atoms with Crippen LogP contribution in [0.1, 0.15) is 23.3 Å². The molecule has 3 rings (SSSR count). The van der Waals surface area contributed by atoms with Crippen molar-refractivity contribution in [2.75, 3.05) is 19.2 Å². The van der Waals surface area contributed by atoms with Crippen molar-refractivity contribution in [2.24, 2.45) is 5.73 Å². The van der Waals surface area contributed by atoms with E-state index in [1.807, 2.05) is 0 Å². The van der Waals surface area contributed by atoms with Crippen LogP contribution in [0.4, 0.5) is 10.1 Å². The van der Waals surface area contributed by atoms with E-state index < -0.39 is 33.0 Å². The minimum Gasteiger partial charge on any atom is -0.497 e. The molecule has 186 valence electrons. The molecule has 35 heavy (non-hydrogen) atoms. The molecule has 1 amide bonds. The molecule has 1 atom stereocenters. The van der Waals surface area contributed by atoms with Crippen molar-refractivity contribution < 1.29 is 31.5 Å². The van der Waals surface area contributed by atoms with Crippen LogP contribution in [-0.2, 0) is 16.4 Å². The molecular formula is C21H23FN6O6S. The van der Waals surface area contributed by atoms with Gasteiger partial charge in [0.15, 0.2) is 11.6 Å². The molecule has 0 spiro atoms. The fraction of sp³-hybridized carbons (Fsp3) is 0.238. The molecule has 0 aliphatic carbocycles. The standard InChI is InChI=1S/C21H23FN6O6S/c1-13(9-19-25-11-14(22)12-26-19)35(30,31)28(21(23)24)27(20(29)17-5-4-8-34-17)16-7-6-15(32-2)10-18(16)33-3/h4-8,10-13H,9H2,1-3H3,(H3,23,24). The maximum atomic E-state index is 13.6. The lowest BCUT2D eigenvalue weighted by atomic mass is 10.2. The Balaban J connectivity index is 2.14. The summed E-state index contributed by atoms with van der Waals surface area (Å²) in [5, 5.41) is 7.45. The number of halogens is 1. The van der Waals surface area contributed by atoms with E-state index in [-0.39, 0.29) is 29.4 Å². The van der Waals surface area contributed by atoms with E-state index in [9.17, 15) is 17.6 Å². The van der Waals surface area contributed by atoms with E-state index in [1.54, 1.807) is 0 Å². The number of anilines is 1. The van der Waals surface area contributed by atoms with E-state index in [2.05, 4.69) is 9.97 Å². The maximum absolute atomic E-state index is 13.6. The molecule has 0 aliphatic rings. The van der Waals surface area contributed by atoms with E-state index in [0.29, 0.717) is 15.2 Å². The summed E-state index contributed by atoms with van der Waals surface area (Å²) in [7, 11) is -1.81. The van der Waals surface area contributed by atoms with Gasteiger partial charge in [-0.15, -0.1) is 4.41 Å². The lowest BCUT2D eigenvalue weighted by molar-refractivity contribution is 0.0931. The number of methoxy groups -OCH3 is 2. The van der Waals surface area contributed by atoms with Crippen LogP contribution in [0.2, 0.25) is 0 Å². The number of carbonyl (C=O) groups excluding carboxylic acids is 1. The number of rotatable bonds is 8. The number of nitrogens with two attached hydrogens (primary N) is 1. The second-order valence-corrected chi connectivity index (χ2v) is 9.32. The number of sulfonamides is 1. The van der Waals surface area contributed by atoms with Gasteiger partial charge >= 0.3 is 5.91 Å². The van der Waals surface area contributed by atoms with Crippen molar-refractivity contribution in [3.8, 4) is 11.5 Å². The van der Waals surface area contributed by atoms with Crippen LogP contribution in [0.15, 0.2) is 53.4 Å². The van der Waals surface area contributed by atoms with Gasteiger partial charge in [0.05, 0.1) is 38.1 Å². The Morgan fingerprint density at radius 3 is 2.46 bits per heavy atom. The van der Waals surface area contributed by atoms with Gasteiger partial charge in [0.2, 0.25) is 5.96 Å². The van der Waals surface area contributed by atoms with Gasteiger partial charge in [-0.05, 0) is 31.2 Å². The highest BCUT2D eigenvalue weighted by Gasteiger charge is 2.41. The average molecular weight is 507 g/mol. The second kappa shape index (κ2) is 10.4. The predicted molar refractivity (Wildman–Crippen MR) is 123 cm³/mol. The number of benzene rings is 1. The van der Waals surface area contributed by atoms with E-state index in [1.165, 1.54) is 57.7 Å². The molecule has 0 aliphatic heterocycles. The van der Waals surface area contributed by atoms with Gasteiger partial charge in [0.25, 0.3) is 10.0 Å². The number of carbonyl (C=O) groups is 1. The lowest BCUT2D eigenvalue weighted by Gasteiger charge is -2.35. The van der Waals surface area contributed by atoms with Gasteiger partial charge < -0.3 is 19.6 Å². The number of furan rings is 1. The quantitative estimate of drug-likeness (QED) is 0.264. The third-order valence-corrected chi connectivity index (χ3v) is 6.85. The first-order chi connectivity index (χ1) is 16.6. The molecule has 3 N–H and O–H groups in total. The summed E-state index contributed by atoms with van der Waals surface area (Å²) in [4.78, 5) is 21.0. The number of nitrogens with zero attached hydrogens (tertiary/aromatic N) is 4. The van der Waals surface area contributed by atoms with Crippen LogP contribution in [-0.4, -0.2) is 54.1 Å². The topological polar surface area (TPSA) is 165 Å². The molecule has 2 heterocycles. The highest BCUT2D eigenvalue weighted by atomic mass is 32.2. The zero-order valence-electron chi connectivity index (χ0n) is 19.0. The smallest absolute Gasteiger partial charge is 0.313 e. The van der Waals surface area contributed by atoms with E-state index >= 15 is 0 Å². The van der Waals surface area contributed by atoms with Crippen LogP contribution >= 0.6 is 0 Å². The van der Waals surface area contributed by atoms with Crippen LogP contribution in [0.5, 0.6) is 11.5 Å². The summed E-state index contributed by atoms with van der Waals surface area (Å²) in [6.07, 6.45) is 2.78. The van der Waals surface area contributed by atoms with Gasteiger partial charge in [-0.25, -0.2) is 22.8 Å². The van der Waals surface area contributed by atoms with Crippen LogP contribution < -0.4 is 20.2 Å². The number of ether oxygens (including phenoxy) is 2. The first kappa shape index (κ1) is 25.4. The number of hydrazine groups is 1. The van der Waals surface area contributed by atoms with Crippen molar-refractivity contribution in [3.05, 3.63) is 66.4 Å². The van der Waals surface area contributed by atoms with Crippen molar-refractivity contribution in [1.29, 1.82) is 5.41 Å². The van der Waals surface area contributed by atoms with Gasteiger partial charge in [-0.3, -0.25) is 10.2 Å². The highest BCUT2D eigenvalue weighted by molar-refractivity contribution is 7.90. The molecule has 2 aromatic heterocycles. The third kappa shape index (κ3) is 5.32. The van der Waals surface area contributed by atoms with Gasteiger partial charge in [-0.2, -0.15) is 5.01 Å². The van der Waals surface area contributed by atoms with Crippen molar-refractivity contribution in [2.45, 2.75) is 18.6 Å². The molecule has 12 nitrogen and oxygen atoms in total. The molecule has 0 radical (unpaired) electrons. The van der Waals surface area contributed by atoms with Crippen molar-refractivity contribution >= 4 is 27.6 Å². The first-order valence-corrected chi connectivity index (χ1v) is 11.5. The predicted octanol–water partition coefficient (Wildman–Crippen LogP) is 1.94. The lowest BCUT2D eigenvalue weighted by Crippen LogP contribution is -2.57. The summed E-state index contributed by atoms with van der Waals surface area (Å²) in [6, 6.07) is 7.04. The Morgan fingerprint density at radius 1 is 1.23 bits per heavy atom. The fourth-order valence-corrected chi connectivity index (χ4v) is 4.45. The first-order valence-electron chi connectivity index (χ1n) is 10.0. The van der Waals surface area contributed by atoms with Gasteiger partial charge in [0.1, 0.15) is 23.0 Å². The molecule has 0 fully saturated rings. The zero-order valence-corrected chi connectivity index (χ0v) is 19.8. The normalized spacial score (nSPS) is 12.0. The van der Waals surface area contributed by atoms with E-state index in [0.717, 1.165) is 12.4 Å². The summed E-state index contributed by atoms with van der Waals surface area (Å²) in [6.45, 7) is 1.32. The molecule has 1 aromatic carbocycles.